The van der Waals surface area contributed by atoms with Gasteiger partial charge < -0.3 is 23.7 Å². The third-order valence-electron chi connectivity index (χ3n) is 4.66. The van der Waals surface area contributed by atoms with Gasteiger partial charge in [-0.3, -0.25) is 24.0 Å². The van der Waals surface area contributed by atoms with E-state index in [2.05, 4.69) is 0 Å². The molecule has 2 rings (SSSR count). The Balaban J connectivity index is 2.55. The molecule has 1 heterocycles. The van der Waals surface area contributed by atoms with Gasteiger partial charge in [0.2, 0.25) is 0 Å². The van der Waals surface area contributed by atoms with Gasteiger partial charge in [-0.15, -0.1) is 0 Å². The van der Waals surface area contributed by atoms with E-state index in [1.165, 1.54) is 6.92 Å². The summed E-state index contributed by atoms with van der Waals surface area (Å²) < 4.78 is 26.8. The maximum Gasteiger partial charge on any atom is 0.303 e. The van der Waals surface area contributed by atoms with E-state index in [9.17, 15) is 24.0 Å². The Morgan fingerprint density at radius 1 is 0.781 bits per heavy atom. The van der Waals surface area contributed by atoms with E-state index in [4.69, 9.17) is 23.7 Å². The van der Waals surface area contributed by atoms with Gasteiger partial charge in [0.05, 0.1) is 0 Å². The third kappa shape index (κ3) is 6.36. The number of rotatable bonds is 7. The number of hydrogen-bond acceptors (Lipinski definition) is 10. The molecular formula is C22H26O10. The molecule has 1 aromatic carbocycles. The van der Waals surface area contributed by atoms with E-state index in [1.54, 1.807) is 31.2 Å². The molecule has 1 fully saturated rings. The van der Waals surface area contributed by atoms with E-state index in [1.807, 2.05) is 0 Å². The van der Waals surface area contributed by atoms with Crippen molar-refractivity contribution >= 4 is 29.7 Å². The molecule has 5 atom stereocenters. The summed E-state index contributed by atoms with van der Waals surface area (Å²) in [4.78, 5) is 60.1. The maximum atomic E-state index is 13.4. The average molecular weight is 450 g/mol. The number of carbonyl (C=O) groups excluding carboxylic acids is 5. The molecule has 1 unspecified atom stereocenters. The van der Waals surface area contributed by atoms with Crippen LogP contribution in [0.15, 0.2) is 24.3 Å². The van der Waals surface area contributed by atoms with Crippen LogP contribution in [0, 0.1) is 6.92 Å². The van der Waals surface area contributed by atoms with Gasteiger partial charge in [-0.25, -0.2) is 0 Å². The monoisotopic (exact) mass is 450 g/mol. The zero-order chi connectivity index (χ0) is 24.0. The van der Waals surface area contributed by atoms with Crippen LogP contribution in [0.2, 0.25) is 0 Å². The highest BCUT2D eigenvalue weighted by Gasteiger charge is 2.54. The summed E-state index contributed by atoms with van der Waals surface area (Å²) in [6, 6.07) is 6.70. The minimum Gasteiger partial charge on any atom is -0.463 e. The number of esters is 4. The van der Waals surface area contributed by atoms with Crippen molar-refractivity contribution in [3.05, 3.63) is 35.4 Å². The molecule has 1 saturated heterocycles. The predicted octanol–water partition coefficient (Wildman–Crippen LogP) is 1.30. The van der Waals surface area contributed by atoms with Crippen LogP contribution in [0.25, 0.3) is 0 Å². The molecule has 0 radical (unpaired) electrons. The normalized spacial score (nSPS) is 24.7. The number of benzene rings is 1. The maximum absolute atomic E-state index is 13.4. The molecule has 1 aliphatic rings. The molecule has 0 N–H and O–H groups in total. The zero-order valence-electron chi connectivity index (χ0n) is 18.5. The molecule has 0 aromatic heterocycles. The first-order chi connectivity index (χ1) is 15.0. The molecule has 1 aromatic rings. The molecular weight excluding hydrogens is 424 g/mol. The number of carbonyl (C=O) groups is 5. The summed E-state index contributed by atoms with van der Waals surface area (Å²) in [7, 11) is 0. The Kier molecular flexibility index (Phi) is 8.48. The van der Waals surface area contributed by atoms with Crippen molar-refractivity contribution in [1.82, 2.24) is 0 Å². The van der Waals surface area contributed by atoms with E-state index in [0.717, 1.165) is 20.8 Å². The Hall–Kier alpha value is -3.27. The highest BCUT2D eigenvalue weighted by molar-refractivity contribution is 6.01. The number of aryl methyl sites for hydroxylation is 1. The van der Waals surface area contributed by atoms with Crippen LogP contribution in [-0.4, -0.2) is 66.8 Å². The second kappa shape index (κ2) is 10.9. The molecule has 0 saturated carbocycles. The predicted molar refractivity (Wildman–Crippen MR) is 107 cm³/mol. The van der Waals surface area contributed by atoms with Crippen molar-refractivity contribution in [2.45, 2.75) is 65.1 Å². The fraction of sp³-hybridized carbons (Fsp3) is 0.500. The summed E-state index contributed by atoms with van der Waals surface area (Å²) >= 11 is 0. The molecule has 32 heavy (non-hydrogen) atoms. The Bertz CT molecular complexity index is 892. The zero-order valence-corrected chi connectivity index (χ0v) is 18.5. The van der Waals surface area contributed by atoms with Crippen LogP contribution < -0.4 is 0 Å². The van der Waals surface area contributed by atoms with E-state index in [0.29, 0.717) is 11.1 Å². The number of hydrogen-bond donors (Lipinski definition) is 0. The smallest absolute Gasteiger partial charge is 0.303 e. The number of Topliss-reactive ketones (excluding diaryl/α,β-unsaturated/α-hetero) is 1. The SMILES string of the molecule is CC(=O)OC[C@H]1OC(C(=O)c2ccccc2C)[C@H](OC(C)=O)[C@@H](OC(C)=O)[C@@H]1OC(C)=O. The molecule has 10 nitrogen and oxygen atoms in total. The molecule has 0 bridgehead atoms. The van der Waals surface area contributed by atoms with Crippen molar-refractivity contribution in [2.75, 3.05) is 6.61 Å². The van der Waals surface area contributed by atoms with Gasteiger partial charge in [0.25, 0.3) is 0 Å². The van der Waals surface area contributed by atoms with Gasteiger partial charge in [0, 0.05) is 33.3 Å². The van der Waals surface area contributed by atoms with Gasteiger partial charge in [-0.05, 0) is 12.5 Å². The lowest BCUT2D eigenvalue weighted by molar-refractivity contribution is -0.243. The average Bonchev–Trinajstić information content (AvgIpc) is 2.68. The molecule has 1 aliphatic heterocycles. The molecule has 0 spiro atoms. The molecule has 0 amide bonds. The number of ketones is 1. The van der Waals surface area contributed by atoms with Crippen LogP contribution in [0.3, 0.4) is 0 Å². The van der Waals surface area contributed by atoms with Crippen molar-refractivity contribution in [2.24, 2.45) is 0 Å². The van der Waals surface area contributed by atoms with Crippen LogP contribution >= 0.6 is 0 Å². The lowest BCUT2D eigenvalue weighted by Gasteiger charge is -2.44. The van der Waals surface area contributed by atoms with Gasteiger partial charge in [0.15, 0.2) is 30.2 Å². The largest absolute Gasteiger partial charge is 0.463 e. The minimum atomic E-state index is -1.42. The van der Waals surface area contributed by atoms with Crippen molar-refractivity contribution in [3.63, 3.8) is 0 Å². The minimum absolute atomic E-state index is 0.299. The highest BCUT2D eigenvalue weighted by atomic mass is 16.7. The topological polar surface area (TPSA) is 132 Å². The van der Waals surface area contributed by atoms with Crippen LogP contribution in [0.1, 0.15) is 43.6 Å². The summed E-state index contributed by atoms with van der Waals surface area (Å²) in [6.45, 7) is 5.86. The molecule has 0 aliphatic carbocycles. The first-order valence-electron chi connectivity index (χ1n) is 9.91. The van der Waals surface area contributed by atoms with Gasteiger partial charge >= 0.3 is 23.9 Å². The second-order valence-corrected chi connectivity index (χ2v) is 7.30. The van der Waals surface area contributed by atoms with E-state index < -0.39 is 66.8 Å². The fourth-order valence-electron chi connectivity index (χ4n) is 3.44. The summed E-state index contributed by atoms with van der Waals surface area (Å²) in [5.41, 5.74) is 0.943. The summed E-state index contributed by atoms with van der Waals surface area (Å²) in [6.07, 6.45) is -6.69. The Morgan fingerprint density at radius 2 is 1.31 bits per heavy atom. The first-order valence-corrected chi connectivity index (χ1v) is 9.91. The van der Waals surface area contributed by atoms with Gasteiger partial charge in [-0.2, -0.15) is 0 Å². The Labute approximate surface area is 185 Å². The van der Waals surface area contributed by atoms with Crippen molar-refractivity contribution < 1.29 is 47.7 Å². The second-order valence-electron chi connectivity index (χ2n) is 7.30. The van der Waals surface area contributed by atoms with Gasteiger partial charge in [0.1, 0.15) is 12.7 Å². The fourth-order valence-corrected chi connectivity index (χ4v) is 3.44. The summed E-state index contributed by atoms with van der Waals surface area (Å²) in [5.74, 6) is -3.45. The van der Waals surface area contributed by atoms with E-state index in [-0.39, 0.29) is 0 Å². The van der Waals surface area contributed by atoms with Crippen LogP contribution in [0.4, 0.5) is 0 Å². The highest BCUT2D eigenvalue weighted by Crippen LogP contribution is 2.31. The van der Waals surface area contributed by atoms with Crippen LogP contribution in [-0.2, 0) is 42.9 Å². The lowest BCUT2D eigenvalue weighted by Crippen LogP contribution is -2.64. The molecule has 10 heteroatoms. The quantitative estimate of drug-likeness (QED) is 0.340. The summed E-state index contributed by atoms with van der Waals surface area (Å²) in [5, 5.41) is 0. The first kappa shape index (κ1) is 25.0. The standard InChI is InChI=1S/C22H26O10/c1-11-8-6-7-9-16(11)18(27)20-22(31-15(5)26)21(30-14(4)25)19(29-13(3)24)17(32-20)10-28-12(2)23/h6-9,17,19-22H,10H2,1-5H3/t17-,19-,20?,21+,22+/m1/s1. The lowest BCUT2D eigenvalue weighted by atomic mass is 9.89. The molecule has 174 valence electrons. The van der Waals surface area contributed by atoms with Crippen LogP contribution in [0.5, 0.6) is 0 Å². The number of ether oxygens (including phenoxy) is 5. The van der Waals surface area contributed by atoms with Crippen molar-refractivity contribution in [1.29, 1.82) is 0 Å². The Morgan fingerprint density at radius 3 is 1.84 bits per heavy atom. The van der Waals surface area contributed by atoms with E-state index >= 15 is 0 Å². The third-order valence-corrected chi connectivity index (χ3v) is 4.66. The van der Waals surface area contributed by atoms with Gasteiger partial charge in [-0.1, -0.05) is 24.3 Å². The van der Waals surface area contributed by atoms with Crippen molar-refractivity contribution in [3.8, 4) is 0 Å².